The van der Waals surface area contributed by atoms with Crippen LogP contribution in [0.25, 0.3) is 0 Å². The molecule has 0 saturated heterocycles. The van der Waals surface area contributed by atoms with E-state index in [9.17, 15) is 0 Å². The molecule has 0 bridgehead atoms. The van der Waals surface area contributed by atoms with Gasteiger partial charge in [-0.25, -0.2) is 0 Å². The van der Waals surface area contributed by atoms with Crippen LogP contribution >= 0.6 is 0 Å². The van der Waals surface area contributed by atoms with E-state index in [1.807, 2.05) is 11.5 Å². The van der Waals surface area contributed by atoms with Gasteiger partial charge in [-0.3, -0.25) is 0 Å². The van der Waals surface area contributed by atoms with E-state index >= 15 is 0 Å². The van der Waals surface area contributed by atoms with Gasteiger partial charge in [0.1, 0.15) is 12.2 Å². The maximum absolute atomic E-state index is 9.06. The first-order valence-electron chi connectivity index (χ1n) is 4.64. The molecule has 1 atom stereocenters. The molecule has 0 fully saturated rings. The van der Waals surface area contributed by atoms with Gasteiger partial charge in [-0.15, -0.1) is 10.2 Å². The Kier molecular flexibility index (Phi) is 4.51. The molecule has 1 heterocycles. The zero-order valence-corrected chi connectivity index (χ0v) is 8.22. The van der Waals surface area contributed by atoms with Gasteiger partial charge < -0.3 is 20.1 Å². The Morgan fingerprint density at radius 1 is 1.64 bits per heavy atom. The minimum absolute atomic E-state index is 0.229. The fourth-order valence-corrected chi connectivity index (χ4v) is 1.10. The molecule has 6 nitrogen and oxygen atoms in total. The molecular weight excluding hydrogens is 184 g/mol. The summed E-state index contributed by atoms with van der Waals surface area (Å²) in [5, 5.41) is 28.3. The van der Waals surface area contributed by atoms with Crippen molar-refractivity contribution < 1.29 is 10.2 Å². The van der Waals surface area contributed by atoms with E-state index < -0.39 is 6.10 Å². The molecule has 6 heteroatoms. The molecule has 3 N–H and O–H groups in total. The average molecular weight is 200 g/mol. The van der Waals surface area contributed by atoms with E-state index in [2.05, 4.69) is 15.5 Å². The summed E-state index contributed by atoms with van der Waals surface area (Å²) >= 11 is 0. The van der Waals surface area contributed by atoms with E-state index in [-0.39, 0.29) is 6.61 Å². The van der Waals surface area contributed by atoms with Crippen LogP contribution in [0.3, 0.4) is 0 Å². The van der Waals surface area contributed by atoms with Crippen molar-refractivity contribution in [1.29, 1.82) is 0 Å². The largest absolute Gasteiger partial charge is 0.394 e. The van der Waals surface area contributed by atoms with Crippen LogP contribution in [0, 0.1) is 0 Å². The molecule has 14 heavy (non-hydrogen) atoms. The zero-order chi connectivity index (χ0) is 10.4. The standard InChI is InChI=1S/C8H16N4O2/c1-2-12-6-10-11-8(12)4-9-3-7(14)5-13/h6-7,9,13-14H,2-5H2,1H3/t7-/m0/s1. The molecule has 0 unspecified atom stereocenters. The first kappa shape index (κ1) is 11.1. The van der Waals surface area contributed by atoms with Gasteiger partial charge in [0.05, 0.1) is 19.3 Å². The molecule has 0 aliphatic carbocycles. The molecule has 1 aromatic rings. The molecule has 0 aromatic carbocycles. The van der Waals surface area contributed by atoms with Gasteiger partial charge in [0.2, 0.25) is 0 Å². The first-order valence-corrected chi connectivity index (χ1v) is 4.64. The molecule has 0 aliphatic heterocycles. The molecule has 0 amide bonds. The third-order valence-electron chi connectivity index (χ3n) is 1.91. The Morgan fingerprint density at radius 2 is 2.43 bits per heavy atom. The SMILES string of the molecule is CCn1cnnc1CNC[C@H](O)CO. The number of nitrogens with zero attached hydrogens (tertiary/aromatic N) is 3. The predicted octanol–water partition coefficient (Wildman–Crippen LogP) is -1.26. The topological polar surface area (TPSA) is 83.2 Å². The highest BCUT2D eigenvalue weighted by molar-refractivity contribution is 4.84. The first-order chi connectivity index (χ1) is 6.77. The smallest absolute Gasteiger partial charge is 0.146 e. The van der Waals surface area contributed by atoms with Crippen LogP contribution in [0.4, 0.5) is 0 Å². The summed E-state index contributed by atoms with van der Waals surface area (Å²) in [5.74, 6) is 0.831. The number of hydrogen-bond donors (Lipinski definition) is 3. The molecule has 80 valence electrons. The maximum Gasteiger partial charge on any atom is 0.146 e. The predicted molar refractivity (Wildman–Crippen MR) is 50.5 cm³/mol. The molecule has 0 aliphatic rings. The Balaban J connectivity index is 2.31. The van der Waals surface area contributed by atoms with Gasteiger partial charge in [0.15, 0.2) is 0 Å². The molecule has 1 aromatic heterocycles. The number of rotatable bonds is 6. The number of aliphatic hydroxyl groups excluding tert-OH is 2. The van der Waals surface area contributed by atoms with Crippen molar-refractivity contribution in [3.63, 3.8) is 0 Å². The van der Waals surface area contributed by atoms with E-state index in [0.717, 1.165) is 12.4 Å². The lowest BCUT2D eigenvalue weighted by Crippen LogP contribution is -2.29. The fraction of sp³-hybridized carbons (Fsp3) is 0.750. The van der Waals surface area contributed by atoms with Crippen LogP contribution in [0.5, 0.6) is 0 Å². The lowest BCUT2D eigenvalue weighted by molar-refractivity contribution is 0.0940. The lowest BCUT2D eigenvalue weighted by atomic mass is 10.4. The lowest BCUT2D eigenvalue weighted by Gasteiger charge is -2.08. The van der Waals surface area contributed by atoms with Crippen molar-refractivity contribution in [2.24, 2.45) is 0 Å². The average Bonchev–Trinajstić information content (AvgIpc) is 2.65. The highest BCUT2D eigenvalue weighted by Gasteiger charge is 2.04. The summed E-state index contributed by atoms with van der Waals surface area (Å²) in [6.07, 6.45) is 0.951. The summed E-state index contributed by atoms with van der Waals surface area (Å²) < 4.78 is 1.92. The van der Waals surface area contributed by atoms with Crippen molar-refractivity contribution in [2.75, 3.05) is 13.2 Å². The second-order valence-corrected chi connectivity index (χ2v) is 3.00. The van der Waals surface area contributed by atoms with Crippen LogP contribution in [-0.2, 0) is 13.1 Å². The number of aryl methyl sites for hydroxylation is 1. The minimum atomic E-state index is -0.715. The summed E-state index contributed by atoms with van der Waals surface area (Å²) in [6.45, 7) is 3.51. The monoisotopic (exact) mass is 200 g/mol. The van der Waals surface area contributed by atoms with E-state index in [4.69, 9.17) is 10.2 Å². The highest BCUT2D eigenvalue weighted by atomic mass is 16.3. The second kappa shape index (κ2) is 5.69. The van der Waals surface area contributed by atoms with Crippen LogP contribution in [-0.4, -0.2) is 44.2 Å². The molecule has 1 rings (SSSR count). The van der Waals surface area contributed by atoms with Gasteiger partial charge in [0.25, 0.3) is 0 Å². The van der Waals surface area contributed by atoms with Crippen LogP contribution < -0.4 is 5.32 Å². The van der Waals surface area contributed by atoms with Crippen molar-refractivity contribution in [1.82, 2.24) is 20.1 Å². The number of aliphatic hydroxyl groups is 2. The Hall–Kier alpha value is -0.980. The second-order valence-electron chi connectivity index (χ2n) is 3.00. The van der Waals surface area contributed by atoms with Crippen LogP contribution in [0.1, 0.15) is 12.7 Å². The molecule has 0 spiro atoms. The Labute approximate surface area is 82.6 Å². The van der Waals surface area contributed by atoms with E-state index in [0.29, 0.717) is 13.1 Å². The summed E-state index contributed by atoms with van der Waals surface area (Å²) in [4.78, 5) is 0. The minimum Gasteiger partial charge on any atom is -0.394 e. The van der Waals surface area contributed by atoms with Crippen molar-refractivity contribution in [2.45, 2.75) is 26.1 Å². The van der Waals surface area contributed by atoms with Crippen molar-refractivity contribution >= 4 is 0 Å². The van der Waals surface area contributed by atoms with Gasteiger partial charge in [-0.1, -0.05) is 0 Å². The molecular formula is C8H16N4O2. The van der Waals surface area contributed by atoms with Gasteiger partial charge in [0, 0.05) is 13.1 Å². The van der Waals surface area contributed by atoms with Gasteiger partial charge >= 0.3 is 0 Å². The summed E-state index contributed by atoms with van der Waals surface area (Å²) in [5.41, 5.74) is 0. The Morgan fingerprint density at radius 3 is 3.07 bits per heavy atom. The number of aromatic nitrogens is 3. The van der Waals surface area contributed by atoms with Gasteiger partial charge in [-0.05, 0) is 6.92 Å². The summed E-state index contributed by atoms with van der Waals surface area (Å²) in [7, 11) is 0. The number of nitrogens with one attached hydrogen (secondary N) is 1. The molecule has 0 radical (unpaired) electrons. The Bertz CT molecular complexity index is 264. The maximum atomic E-state index is 9.06. The van der Waals surface area contributed by atoms with Crippen molar-refractivity contribution in [3.8, 4) is 0 Å². The van der Waals surface area contributed by atoms with E-state index in [1.54, 1.807) is 6.33 Å². The quantitative estimate of drug-likeness (QED) is 0.534. The normalized spacial score (nSPS) is 13.1. The third kappa shape index (κ3) is 3.06. The third-order valence-corrected chi connectivity index (χ3v) is 1.91. The molecule has 0 saturated carbocycles. The van der Waals surface area contributed by atoms with Crippen LogP contribution in [0.2, 0.25) is 0 Å². The van der Waals surface area contributed by atoms with E-state index in [1.165, 1.54) is 0 Å². The zero-order valence-electron chi connectivity index (χ0n) is 8.22. The summed E-state index contributed by atoms with van der Waals surface area (Å²) in [6, 6.07) is 0. The van der Waals surface area contributed by atoms with Gasteiger partial charge in [-0.2, -0.15) is 0 Å². The van der Waals surface area contributed by atoms with Crippen LogP contribution in [0.15, 0.2) is 6.33 Å². The fourth-order valence-electron chi connectivity index (χ4n) is 1.10. The highest BCUT2D eigenvalue weighted by Crippen LogP contribution is 1.93. The number of hydrogen-bond acceptors (Lipinski definition) is 5. The van der Waals surface area contributed by atoms with Crippen molar-refractivity contribution in [3.05, 3.63) is 12.2 Å².